The average Bonchev–Trinajstić information content (AvgIpc) is 3.40. The molecule has 0 unspecified atom stereocenters. The molecule has 2 aliphatic rings. The number of carbonyl (C=O) groups excluding carboxylic acids is 1. The van der Waals surface area contributed by atoms with Crippen molar-refractivity contribution in [2.75, 3.05) is 19.6 Å². The maximum absolute atomic E-state index is 12.4. The molecule has 1 aliphatic carbocycles. The van der Waals surface area contributed by atoms with E-state index in [4.69, 9.17) is 0 Å². The van der Waals surface area contributed by atoms with Crippen LogP contribution in [0, 0.1) is 18.8 Å². The molecule has 3 rings (SSSR count). The smallest absolute Gasteiger partial charge is 0.224 e. The lowest BCUT2D eigenvalue weighted by Gasteiger charge is -2.32. The number of benzene rings is 1. The van der Waals surface area contributed by atoms with Crippen molar-refractivity contribution in [2.24, 2.45) is 11.8 Å². The van der Waals surface area contributed by atoms with E-state index in [1.54, 1.807) is 0 Å². The van der Waals surface area contributed by atoms with Crippen molar-refractivity contribution in [3.8, 4) is 5.75 Å². The molecule has 0 bridgehead atoms. The zero-order chi connectivity index (χ0) is 18.0. The third-order valence-corrected chi connectivity index (χ3v) is 5.69. The van der Waals surface area contributed by atoms with Crippen LogP contribution in [0.25, 0.3) is 0 Å². The van der Waals surface area contributed by atoms with Gasteiger partial charge in [-0.2, -0.15) is 0 Å². The van der Waals surface area contributed by atoms with Crippen LogP contribution in [0.15, 0.2) is 12.1 Å². The molecule has 0 spiro atoms. The number of piperidine rings is 1. The fourth-order valence-corrected chi connectivity index (χ4v) is 3.77. The number of aromatic hydroxyl groups is 1. The van der Waals surface area contributed by atoms with Crippen molar-refractivity contribution in [1.82, 2.24) is 10.2 Å². The Morgan fingerprint density at radius 3 is 2.76 bits per heavy atom. The van der Waals surface area contributed by atoms with Crippen molar-refractivity contribution in [3.63, 3.8) is 0 Å². The molecule has 4 nitrogen and oxygen atoms in total. The van der Waals surface area contributed by atoms with Crippen molar-refractivity contribution in [2.45, 2.75) is 58.9 Å². The van der Waals surface area contributed by atoms with Crippen LogP contribution in [-0.2, 0) is 11.3 Å². The lowest BCUT2D eigenvalue weighted by atomic mass is 9.93. The molecule has 1 atom stereocenters. The molecule has 1 aromatic rings. The van der Waals surface area contributed by atoms with Gasteiger partial charge in [-0.05, 0) is 62.1 Å². The predicted molar refractivity (Wildman–Crippen MR) is 101 cm³/mol. The Bertz CT molecular complexity index is 623. The van der Waals surface area contributed by atoms with Gasteiger partial charge in [-0.15, -0.1) is 0 Å². The van der Waals surface area contributed by atoms with E-state index in [9.17, 15) is 9.90 Å². The molecular weight excluding hydrogens is 312 g/mol. The molecule has 138 valence electrons. The van der Waals surface area contributed by atoms with E-state index < -0.39 is 0 Å². The third kappa shape index (κ3) is 4.55. The largest absolute Gasteiger partial charge is 0.507 e. The van der Waals surface area contributed by atoms with Crippen LogP contribution < -0.4 is 5.32 Å². The van der Waals surface area contributed by atoms with E-state index in [1.807, 2.05) is 6.07 Å². The Kier molecular flexibility index (Phi) is 5.67. The molecule has 1 saturated carbocycles. The maximum Gasteiger partial charge on any atom is 0.224 e. The summed E-state index contributed by atoms with van der Waals surface area (Å²) in [5.41, 5.74) is 3.16. The van der Waals surface area contributed by atoms with Gasteiger partial charge in [0.05, 0.1) is 5.92 Å². The molecule has 1 saturated heterocycles. The van der Waals surface area contributed by atoms with Crippen LogP contribution in [-0.4, -0.2) is 35.5 Å². The molecule has 2 fully saturated rings. The highest BCUT2D eigenvalue weighted by Crippen LogP contribution is 2.33. The van der Waals surface area contributed by atoms with Crippen LogP contribution in [0.3, 0.4) is 0 Å². The third-order valence-electron chi connectivity index (χ3n) is 5.69. The second kappa shape index (κ2) is 7.77. The Morgan fingerprint density at radius 2 is 2.08 bits per heavy atom. The zero-order valence-corrected chi connectivity index (χ0v) is 15.8. The molecule has 2 N–H and O–H groups in total. The number of nitrogens with one attached hydrogen (secondary N) is 1. The zero-order valence-electron chi connectivity index (χ0n) is 15.8. The summed E-state index contributed by atoms with van der Waals surface area (Å²) in [6.07, 6.45) is 4.55. The molecular formula is C21H32N2O2. The van der Waals surface area contributed by atoms with Crippen LogP contribution in [0.1, 0.15) is 62.1 Å². The Balaban J connectivity index is 1.64. The first-order valence-corrected chi connectivity index (χ1v) is 9.77. The van der Waals surface area contributed by atoms with Gasteiger partial charge >= 0.3 is 0 Å². The van der Waals surface area contributed by atoms with E-state index in [0.29, 0.717) is 11.7 Å². The normalized spacial score (nSPS) is 21.5. The summed E-state index contributed by atoms with van der Waals surface area (Å²) in [4.78, 5) is 14.7. The highest BCUT2D eigenvalue weighted by molar-refractivity contribution is 5.79. The van der Waals surface area contributed by atoms with Gasteiger partial charge in [0.25, 0.3) is 0 Å². The Labute approximate surface area is 151 Å². The maximum atomic E-state index is 12.4. The fourth-order valence-electron chi connectivity index (χ4n) is 3.77. The van der Waals surface area contributed by atoms with Crippen molar-refractivity contribution >= 4 is 5.91 Å². The average molecular weight is 344 g/mol. The first kappa shape index (κ1) is 18.2. The molecule has 1 amide bonds. The number of amides is 1. The second-order valence-corrected chi connectivity index (χ2v) is 8.22. The molecule has 1 aliphatic heterocycles. The van der Waals surface area contributed by atoms with Gasteiger partial charge in [0.15, 0.2) is 0 Å². The number of phenols is 1. The van der Waals surface area contributed by atoms with Gasteiger partial charge < -0.3 is 10.4 Å². The number of nitrogens with zero attached hydrogens (tertiary/aromatic N) is 1. The lowest BCUT2D eigenvalue weighted by Crippen LogP contribution is -2.43. The van der Waals surface area contributed by atoms with Gasteiger partial charge in [-0.1, -0.05) is 26.0 Å². The fraction of sp³-hybridized carbons (Fsp3) is 0.667. The summed E-state index contributed by atoms with van der Waals surface area (Å²) in [5, 5.41) is 13.8. The molecule has 4 heteroatoms. The molecule has 1 heterocycles. The monoisotopic (exact) mass is 344 g/mol. The highest BCUT2D eigenvalue weighted by atomic mass is 16.3. The van der Waals surface area contributed by atoms with Gasteiger partial charge in [0.2, 0.25) is 5.91 Å². The minimum absolute atomic E-state index is 0.0863. The van der Waals surface area contributed by atoms with Gasteiger partial charge in [-0.25, -0.2) is 0 Å². The molecule has 25 heavy (non-hydrogen) atoms. The Morgan fingerprint density at radius 1 is 1.32 bits per heavy atom. The van der Waals surface area contributed by atoms with E-state index >= 15 is 0 Å². The molecule has 0 aromatic heterocycles. The van der Waals surface area contributed by atoms with E-state index in [0.717, 1.165) is 61.6 Å². The lowest BCUT2D eigenvalue weighted by molar-refractivity contribution is -0.126. The van der Waals surface area contributed by atoms with Crippen molar-refractivity contribution in [3.05, 3.63) is 28.8 Å². The standard InChI is InChI=1S/C21H32N2O2/c1-14(2)18-9-6-15(3)19(20(18)24)13-23-10-4-5-17(12-23)21(25)22-11-16-7-8-16/h6,9,14,16-17,24H,4-5,7-8,10-13H2,1-3H3,(H,22,25)/t17-/m0/s1. The Hall–Kier alpha value is -1.55. The van der Waals surface area contributed by atoms with Crippen LogP contribution in [0.2, 0.25) is 0 Å². The van der Waals surface area contributed by atoms with Crippen molar-refractivity contribution < 1.29 is 9.90 Å². The molecule has 1 aromatic carbocycles. The van der Waals surface area contributed by atoms with Crippen LogP contribution in [0.4, 0.5) is 0 Å². The topological polar surface area (TPSA) is 52.6 Å². The SMILES string of the molecule is Cc1ccc(C(C)C)c(O)c1CN1CCC[C@H](C(=O)NCC2CC2)C1. The number of likely N-dealkylation sites (tertiary alicyclic amines) is 1. The van der Waals surface area contributed by atoms with Crippen molar-refractivity contribution in [1.29, 1.82) is 0 Å². The number of aryl methyl sites for hydroxylation is 1. The summed E-state index contributed by atoms with van der Waals surface area (Å²) in [5.74, 6) is 1.77. The summed E-state index contributed by atoms with van der Waals surface area (Å²) in [6, 6.07) is 4.14. The number of carbonyl (C=O) groups is 1. The summed E-state index contributed by atoms with van der Waals surface area (Å²) in [7, 11) is 0. The number of phenolic OH excluding ortho intramolecular Hbond substituents is 1. The number of hydrogen-bond donors (Lipinski definition) is 2. The summed E-state index contributed by atoms with van der Waals surface area (Å²) < 4.78 is 0. The predicted octanol–water partition coefficient (Wildman–Crippen LogP) is 3.56. The van der Waals surface area contributed by atoms with Gasteiger partial charge in [-0.3, -0.25) is 9.69 Å². The minimum atomic E-state index is 0.0863. The summed E-state index contributed by atoms with van der Waals surface area (Å²) in [6.45, 7) is 9.64. The second-order valence-electron chi connectivity index (χ2n) is 8.22. The van der Waals surface area contributed by atoms with E-state index in [-0.39, 0.29) is 11.8 Å². The summed E-state index contributed by atoms with van der Waals surface area (Å²) >= 11 is 0. The van der Waals surface area contributed by atoms with Gasteiger partial charge in [0.1, 0.15) is 5.75 Å². The van der Waals surface area contributed by atoms with Crippen LogP contribution >= 0.6 is 0 Å². The first-order chi connectivity index (χ1) is 12.0. The van der Waals surface area contributed by atoms with E-state index in [1.165, 1.54) is 12.8 Å². The highest BCUT2D eigenvalue weighted by Gasteiger charge is 2.28. The number of rotatable bonds is 6. The first-order valence-electron chi connectivity index (χ1n) is 9.77. The van der Waals surface area contributed by atoms with Crippen LogP contribution in [0.5, 0.6) is 5.75 Å². The van der Waals surface area contributed by atoms with Gasteiger partial charge in [0, 0.05) is 25.2 Å². The quantitative estimate of drug-likeness (QED) is 0.829. The van der Waals surface area contributed by atoms with E-state index in [2.05, 4.69) is 37.1 Å². The minimum Gasteiger partial charge on any atom is -0.507 e. The number of hydrogen-bond acceptors (Lipinski definition) is 3. The molecule has 0 radical (unpaired) electrons.